The third-order valence-electron chi connectivity index (χ3n) is 4.93. The molecule has 0 aromatic heterocycles. The Kier molecular flexibility index (Phi) is 5.97. The maximum Gasteiger partial charge on any atom is 0.354 e. The summed E-state index contributed by atoms with van der Waals surface area (Å²) in [6.45, 7) is 1.30. The smallest absolute Gasteiger partial charge is 0.354 e. The monoisotopic (exact) mass is 464 g/mol. The van der Waals surface area contributed by atoms with Gasteiger partial charge in [-0.3, -0.25) is 14.9 Å². The minimum atomic E-state index is -3.24. The van der Waals surface area contributed by atoms with E-state index in [1.807, 2.05) is 0 Å². The van der Waals surface area contributed by atoms with Gasteiger partial charge in [-0.05, 0) is 30.2 Å². The van der Waals surface area contributed by atoms with Crippen LogP contribution in [0.15, 0.2) is 59.1 Å². The maximum absolute atomic E-state index is 16.1. The molecule has 1 amide bonds. The van der Waals surface area contributed by atoms with E-state index in [1.54, 1.807) is 42.5 Å². The molecule has 0 radical (unpaired) electrons. The van der Waals surface area contributed by atoms with Gasteiger partial charge in [-0.15, -0.1) is 0 Å². The number of ether oxygens (including phenoxy) is 1. The SMILES string of the molecule is CCOC(=O)[C@@]1(F)C(=O)N[C@H](c2ccc(Br)cc2)[C@@H]([N+](=O)[O-])[C@@H]1c1ccccc1. The molecule has 3 rings (SSSR count). The fourth-order valence-electron chi connectivity index (χ4n) is 3.64. The number of benzene rings is 2. The second kappa shape index (κ2) is 8.28. The van der Waals surface area contributed by atoms with Gasteiger partial charge >= 0.3 is 5.97 Å². The first-order valence-corrected chi connectivity index (χ1v) is 9.71. The molecule has 0 bridgehead atoms. The Bertz CT molecular complexity index is 924. The van der Waals surface area contributed by atoms with Gasteiger partial charge in [-0.1, -0.05) is 58.4 Å². The Morgan fingerprint density at radius 1 is 1.21 bits per heavy atom. The largest absolute Gasteiger partial charge is 0.463 e. The van der Waals surface area contributed by atoms with Crippen molar-refractivity contribution in [3.63, 3.8) is 0 Å². The predicted octanol–water partition coefficient (Wildman–Crippen LogP) is 3.32. The third kappa shape index (κ3) is 3.74. The van der Waals surface area contributed by atoms with E-state index in [0.717, 1.165) is 4.47 Å². The standard InChI is InChI=1S/C20H18BrFN2O5/c1-2-29-19(26)20(22)15(12-6-4-3-5-7-12)17(24(27)28)16(23-18(20)25)13-8-10-14(21)11-9-13/h3-11,15-17H,2H2,1H3,(H,23,25)/t15-,16+,17-,20-/m0/s1. The van der Waals surface area contributed by atoms with Crippen molar-refractivity contribution in [2.45, 2.75) is 30.6 Å². The zero-order chi connectivity index (χ0) is 21.2. The van der Waals surface area contributed by atoms with Gasteiger partial charge in [0.2, 0.25) is 6.04 Å². The molecule has 1 N–H and O–H groups in total. The van der Waals surface area contributed by atoms with E-state index in [2.05, 4.69) is 21.2 Å². The number of esters is 1. The van der Waals surface area contributed by atoms with Gasteiger partial charge in [0.25, 0.3) is 11.6 Å². The summed E-state index contributed by atoms with van der Waals surface area (Å²) in [6, 6.07) is 11.5. The fraction of sp³-hybridized carbons (Fsp3) is 0.300. The highest BCUT2D eigenvalue weighted by Gasteiger charge is 2.66. The van der Waals surface area contributed by atoms with Gasteiger partial charge in [0.1, 0.15) is 12.0 Å². The van der Waals surface area contributed by atoms with E-state index < -0.39 is 40.5 Å². The molecule has 2 aromatic carbocycles. The fourth-order valence-corrected chi connectivity index (χ4v) is 3.90. The highest BCUT2D eigenvalue weighted by atomic mass is 79.9. The second-order valence-electron chi connectivity index (χ2n) is 6.60. The van der Waals surface area contributed by atoms with Crippen LogP contribution >= 0.6 is 15.9 Å². The first kappa shape index (κ1) is 20.9. The Labute approximate surface area is 174 Å². The van der Waals surface area contributed by atoms with E-state index in [1.165, 1.54) is 19.1 Å². The van der Waals surface area contributed by atoms with Gasteiger partial charge in [0.15, 0.2) is 0 Å². The number of nitro groups is 1. The Morgan fingerprint density at radius 2 is 1.83 bits per heavy atom. The lowest BCUT2D eigenvalue weighted by molar-refractivity contribution is -0.536. The molecule has 0 spiro atoms. The topological polar surface area (TPSA) is 98.5 Å². The number of hydrogen-bond donors (Lipinski definition) is 1. The highest BCUT2D eigenvalue weighted by Crippen LogP contribution is 2.45. The summed E-state index contributed by atoms with van der Waals surface area (Å²) < 4.78 is 21.6. The minimum absolute atomic E-state index is 0.168. The molecule has 1 aliphatic rings. The summed E-state index contributed by atoms with van der Waals surface area (Å²) in [4.78, 5) is 36.7. The Balaban J connectivity index is 2.19. The molecule has 0 aliphatic carbocycles. The molecule has 1 fully saturated rings. The molecule has 1 aliphatic heterocycles. The van der Waals surface area contributed by atoms with E-state index >= 15 is 4.39 Å². The molecule has 29 heavy (non-hydrogen) atoms. The minimum Gasteiger partial charge on any atom is -0.463 e. The number of carbonyl (C=O) groups excluding carboxylic acids is 2. The molecule has 152 valence electrons. The van der Waals surface area contributed by atoms with Crippen LogP contribution < -0.4 is 5.32 Å². The lowest BCUT2D eigenvalue weighted by Gasteiger charge is -2.40. The van der Waals surface area contributed by atoms with Crippen molar-refractivity contribution in [2.24, 2.45) is 0 Å². The number of nitrogens with zero attached hydrogens (tertiary/aromatic N) is 1. The lowest BCUT2D eigenvalue weighted by atomic mass is 9.71. The molecule has 1 heterocycles. The number of hydrogen-bond acceptors (Lipinski definition) is 5. The summed E-state index contributed by atoms with van der Waals surface area (Å²) in [5, 5.41) is 14.4. The number of piperidine rings is 1. The zero-order valence-electron chi connectivity index (χ0n) is 15.4. The molecule has 9 heteroatoms. The first-order chi connectivity index (χ1) is 13.8. The number of amides is 1. The molecule has 0 unspecified atom stereocenters. The molecule has 7 nitrogen and oxygen atoms in total. The van der Waals surface area contributed by atoms with Crippen molar-refractivity contribution in [1.29, 1.82) is 0 Å². The number of carbonyl (C=O) groups is 2. The predicted molar refractivity (Wildman–Crippen MR) is 105 cm³/mol. The summed E-state index contributed by atoms with van der Waals surface area (Å²) in [5.74, 6) is -4.36. The number of nitrogens with one attached hydrogen (secondary N) is 1. The van der Waals surface area contributed by atoms with Crippen molar-refractivity contribution in [3.8, 4) is 0 Å². The first-order valence-electron chi connectivity index (χ1n) is 8.91. The van der Waals surface area contributed by atoms with E-state index in [9.17, 15) is 19.7 Å². The van der Waals surface area contributed by atoms with Crippen molar-refractivity contribution in [2.75, 3.05) is 6.61 Å². The average molecular weight is 465 g/mol. The molecule has 0 saturated carbocycles. The highest BCUT2D eigenvalue weighted by molar-refractivity contribution is 9.10. The second-order valence-corrected chi connectivity index (χ2v) is 7.51. The van der Waals surface area contributed by atoms with Crippen LogP contribution in [0.25, 0.3) is 0 Å². The normalized spacial score (nSPS) is 26.4. The van der Waals surface area contributed by atoms with Gasteiger partial charge in [0, 0.05) is 9.40 Å². The zero-order valence-corrected chi connectivity index (χ0v) is 17.0. The van der Waals surface area contributed by atoms with Crippen LogP contribution in [0.3, 0.4) is 0 Å². The maximum atomic E-state index is 16.1. The van der Waals surface area contributed by atoms with E-state index in [-0.39, 0.29) is 12.2 Å². The van der Waals surface area contributed by atoms with Crippen LogP contribution in [0.1, 0.15) is 30.0 Å². The number of rotatable bonds is 5. The summed E-state index contributed by atoms with van der Waals surface area (Å²) in [7, 11) is 0. The van der Waals surface area contributed by atoms with Crippen LogP contribution in [0.4, 0.5) is 4.39 Å². The van der Waals surface area contributed by atoms with Crippen LogP contribution in [0.2, 0.25) is 0 Å². The quantitative estimate of drug-likeness (QED) is 0.316. The molecule has 2 aromatic rings. The van der Waals surface area contributed by atoms with Crippen LogP contribution in [-0.2, 0) is 14.3 Å². The molecular weight excluding hydrogens is 447 g/mol. The molecule has 4 atom stereocenters. The van der Waals surface area contributed by atoms with E-state index in [4.69, 9.17) is 4.74 Å². The van der Waals surface area contributed by atoms with Crippen molar-refractivity contribution >= 4 is 27.8 Å². The van der Waals surface area contributed by atoms with Gasteiger partial charge in [0.05, 0.1) is 6.61 Å². The average Bonchev–Trinajstić information content (AvgIpc) is 2.70. The number of halogens is 2. The van der Waals surface area contributed by atoms with Crippen molar-refractivity contribution < 1.29 is 23.6 Å². The summed E-state index contributed by atoms with van der Waals surface area (Å²) >= 11 is 3.29. The van der Waals surface area contributed by atoms with Crippen LogP contribution in [-0.4, -0.2) is 35.1 Å². The lowest BCUT2D eigenvalue weighted by Crippen LogP contribution is -2.65. The van der Waals surface area contributed by atoms with Gasteiger partial charge < -0.3 is 10.1 Å². The van der Waals surface area contributed by atoms with Crippen molar-refractivity contribution in [3.05, 3.63) is 80.3 Å². The van der Waals surface area contributed by atoms with Gasteiger partial charge in [-0.25, -0.2) is 9.18 Å². The summed E-state index contributed by atoms with van der Waals surface area (Å²) in [5.41, 5.74) is -2.64. The Morgan fingerprint density at radius 3 is 2.38 bits per heavy atom. The van der Waals surface area contributed by atoms with Crippen molar-refractivity contribution in [1.82, 2.24) is 5.32 Å². The molecule has 1 saturated heterocycles. The van der Waals surface area contributed by atoms with Crippen LogP contribution in [0.5, 0.6) is 0 Å². The number of alkyl halides is 1. The summed E-state index contributed by atoms with van der Waals surface area (Å²) in [6.07, 6.45) is 0. The third-order valence-corrected chi connectivity index (χ3v) is 5.46. The van der Waals surface area contributed by atoms with Gasteiger partial charge in [-0.2, -0.15) is 0 Å². The Hall–Kier alpha value is -2.81. The van der Waals surface area contributed by atoms with Crippen LogP contribution in [0, 0.1) is 10.1 Å². The molecular formula is C20H18BrFN2O5. The van der Waals surface area contributed by atoms with E-state index in [0.29, 0.717) is 5.56 Å².